The third-order valence-electron chi connectivity index (χ3n) is 5.13. The van der Waals surface area contributed by atoms with E-state index in [1.54, 1.807) is 13.0 Å². The van der Waals surface area contributed by atoms with Crippen molar-refractivity contribution in [3.63, 3.8) is 0 Å². The van der Waals surface area contributed by atoms with Gasteiger partial charge >= 0.3 is 23.9 Å². The fourth-order valence-electron chi connectivity index (χ4n) is 2.95. The monoisotopic (exact) mass is 493 g/mol. The molecule has 0 fully saturated rings. The summed E-state index contributed by atoms with van der Waals surface area (Å²) in [6.45, 7) is 9.22. The van der Waals surface area contributed by atoms with E-state index in [0.717, 1.165) is 6.42 Å². The molecule has 0 radical (unpaired) electrons. The van der Waals surface area contributed by atoms with E-state index in [1.807, 2.05) is 27.7 Å². The summed E-state index contributed by atoms with van der Waals surface area (Å²) in [6, 6.07) is 3.67. The van der Waals surface area contributed by atoms with Gasteiger partial charge in [-0.15, -0.1) is 0 Å². The molecule has 0 saturated carbocycles. The van der Waals surface area contributed by atoms with Crippen LogP contribution in [0, 0.1) is 5.92 Å². The van der Waals surface area contributed by atoms with Crippen molar-refractivity contribution in [3.05, 3.63) is 23.8 Å². The van der Waals surface area contributed by atoms with Gasteiger partial charge in [0.15, 0.2) is 11.5 Å². The summed E-state index contributed by atoms with van der Waals surface area (Å²) in [6.07, 6.45) is 2.28. The van der Waals surface area contributed by atoms with E-state index >= 15 is 0 Å². The van der Waals surface area contributed by atoms with Gasteiger partial charge in [-0.1, -0.05) is 40.2 Å². The van der Waals surface area contributed by atoms with Crippen molar-refractivity contribution in [2.45, 2.75) is 91.7 Å². The molecule has 35 heavy (non-hydrogen) atoms. The second-order valence-electron chi connectivity index (χ2n) is 8.69. The van der Waals surface area contributed by atoms with Crippen LogP contribution < -0.4 is 15.2 Å². The molecule has 0 heterocycles. The lowest BCUT2D eigenvalue weighted by molar-refractivity contribution is -0.159. The lowest BCUT2D eigenvalue weighted by Crippen LogP contribution is -2.37. The molecule has 0 saturated heterocycles. The molecule has 196 valence electrons. The summed E-state index contributed by atoms with van der Waals surface area (Å²) in [5, 5.41) is 0. The molecule has 2 N–H and O–H groups in total. The van der Waals surface area contributed by atoms with Crippen molar-refractivity contribution in [2.24, 2.45) is 11.7 Å². The molecular weight excluding hydrogens is 454 g/mol. The third kappa shape index (κ3) is 11.8. The van der Waals surface area contributed by atoms with Gasteiger partial charge in [0.1, 0.15) is 18.8 Å². The molecule has 0 aliphatic carbocycles. The lowest BCUT2D eigenvalue weighted by Gasteiger charge is -2.18. The van der Waals surface area contributed by atoms with E-state index in [0.29, 0.717) is 24.8 Å². The van der Waals surface area contributed by atoms with Crippen LogP contribution in [0.5, 0.6) is 11.5 Å². The predicted molar refractivity (Wildman–Crippen MR) is 130 cm³/mol. The number of nitrogens with two attached hydrogens (primary N) is 1. The Labute approximate surface area is 207 Å². The number of carbonyl (C=O) groups is 4. The van der Waals surface area contributed by atoms with Gasteiger partial charge in [-0.05, 0) is 49.8 Å². The Kier molecular flexibility index (Phi) is 13.6. The number of esters is 4. The summed E-state index contributed by atoms with van der Waals surface area (Å²) >= 11 is 0. The van der Waals surface area contributed by atoms with E-state index in [1.165, 1.54) is 12.1 Å². The standard InChI is InChI=1S/C26H39NO8/c1-6-9-23(28)34-21-12-11-19(15-22(21)35-24(29)10-7-2)14-20(27)26(31)33-18(5)16-32-25(30)13-17(4)8-3/h11-12,15,17-18,20H,6-10,13-14,16,27H2,1-5H3/t17?,18-,20-/m0/s1. The van der Waals surface area contributed by atoms with Crippen molar-refractivity contribution in [1.29, 1.82) is 0 Å². The number of hydrogen-bond acceptors (Lipinski definition) is 9. The van der Waals surface area contributed by atoms with Gasteiger partial charge in [-0.3, -0.25) is 19.2 Å². The Bertz CT molecular complexity index is 854. The van der Waals surface area contributed by atoms with Crippen molar-refractivity contribution >= 4 is 23.9 Å². The average molecular weight is 494 g/mol. The highest BCUT2D eigenvalue weighted by atomic mass is 16.6. The van der Waals surface area contributed by atoms with E-state index in [9.17, 15) is 19.2 Å². The molecule has 3 atom stereocenters. The van der Waals surface area contributed by atoms with Crippen molar-refractivity contribution in [3.8, 4) is 11.5 Å². The summed E-state index contributed by atoms with van der Waals surface area (Å²) in [7, 11) is 0. The molecule has 0 aliphatic rings. The second kappa shape index (κ2) is 15.9. The number of rotatable bonds is 15. The molecule has 1 aromatic rings. The topological polar surface area (TPSA) is 131 Å². The van der Waals surface area contributed by atoms with Crippen LogP contribution in [-0.2, 0) is 35.1 Å². The maximum absolute atomic E-state index is 12.4. The first kappa shape index (κ1) is 30.1. The maximum atomic E-state index is 12.4. The minimum Gasteiger partial charge on any atom is -0.462 e. The van der Waals surface area contributed by atoms with Crippen LogP contribution in [0.4, 0.5) is 0 Å². The van der Waals surface area contributed by atoms with Crippen LogP contribution in [0.15, 0.2) is 18.2 Å². The lowest BCUT2D eigenvalue weighted by atomic mass is 10.1. The van der Waals surface area contributed by atoms with Gasteiger partial charge in [0.2, 0.25) is 0 Å². The minimum atomic E-state index is -0.999. The molecule has 0 aromatic heterocycles. The fourth-order valence-corrected chi connectivity index (χ4v) is 2.95. The molecule has 1 aromatic carbocycles. The largest absolute Gasteiger partial charge is 0.462 e. The third-order valence-corrected chi connectivity index (χ3v) is 5.13. The van der Waals surface area contributed by atoms with Crippen LogP contribution in [-0.4, -0.2) is 42.6 Å². The number of benzene rings is 1. The zero-order valence-electron chi connectivity index (χ0n) is 21.5. The summed E-state index contributed by atoms with van der Waals surface area (Å²) in [5.41, 5.74) is 6.61. The first-order valence-electron chi connectivity index (χ1n) is 12.2. The van der Waals surface area contributed by atoms with Gasteiger partial charge < -0.3 is 24.7 Å². The number of ether oxygens (including phenoxy) is 4. The second-order valence-corrected chi connectivity index (χ2v) is 8.69. The van der Waals surface area contributed by atoms with Gasteiger partial charge in [0.25, 0.3) is 0 Å². The predicted octanol–water partition coefficient (Wildman–Crippen LogP) is 3.88. The van der Waals surface area contributed by atoms with Crippen molar-refractivity contribution in [1.82, 2.24) is 0 Å². The molecule has 0 spiro atoms. The SMILES string of the molecule is CCCC(=O)Oc1ccc(C[C@H](N)C(=O)O[C@@H](C)COC(=O)CC(C)CC)cc1OC(=O)CCC. The molecule has 0 amide bonds. The summed E-state index contributed by atoms with van der Waals surface area (Å²) < 4.78 is 21.2. The van der Waals surface area contributed by atoms with Crippen molar-refractivity contribution < 1.29 is 38.1 Å². The molecule has 0 bridgehead atoms. The Morgan fingerprint density at radius 1 is 0.886 bits per heavy atom. The highest BCUT2D eigenvalue weighted by Crippen LogP contribution is 2.30. The summed E-state index contributed by atoms with van der Waals surface area (Å²) in [5.74, 6) is -1.45. The highest BCUT2D eigenvalue weighted by molar-refractivity contribution is 5.77. The average Bonchev–Trinajstić information content (AvgIpc) is 2.79. The van der Waals surface area contributed by atoms with E-state index < -0.39 is 30.1 Å². The van der Waals surface area contributed by atoms with E-state index in [4.69, 9.17) is 24.7 Å². The first-order chi connectivity index (χ1) is 16.6. The zero-order chi connectivity index (χ0) is 26.4. The fraction of sp³-hybridized carbons (Fsp3) is 0.615. The smallest absolute Gasteiger partial charge is 0.323 e. The first-order valence-corrected chi connectivity index (χ1v) is 12.2. The van der Waals surface area contributed by atoms with Gasteiger partial charge in [0.05, 0.1) is 0 Å². The molecule has 1 rings (SSSR count). The molecular formula is C26H39NO8. The minimum absolute atomic E-state index is 0.0525. The van der Waals surface area contributed by atoms with E-state index in [-0.39, 0.29) is 49.3 Å². The molecule has 9 heteroatoms. The van der Waals surface area contributed by atoms with Crippen LogP contribution >= 0.6 is 0 Å². The van der Waals surface area contributed by atoms with Crippen LogP contribution in [0.2, 0.25) is 0 Å². The molecule has 9 nitrogen and oxygen atoms in total. The zero-order valence-corrected chi connectivity index (χ0v) is 21.5. The van der Waals surface area contributed by atoms with Gasteiger partial charge in [-0.2, -0.15) is 0 Å². The van der Waals surface area contributed by atoms with Gasteiger partial charge in [-0.25, -0.2) is 0 Å². The van der Waals surface area contributed by atoms with Crippen molar-refractivity contribution in [2.75, 3.05) is 6.61 Å². The van der Waals surface area contributed by atoms with Gasteiger partial charge in [0, 0.05) is 19.3 Å². The molecule has 0 aliphatic heterocycles. The molecule has 1 unspecified atom stereocenters. The number of hydrogen-bond donors (Lipinski definition) is 1. The van der Waals surface area contributed by atoms with E-state index in [2.05, 4.69) is 0 Å². The maximum Gasteiger partial charge on any atom is 0.323 e. The summed E-state index contributed by atoms with van der Waals surface area (Å²) in [4.78, 5) is 48.2. The Morgan fingerprint density at radius 3 is 2.06 bits per heavy atom. The Balaban J connectivity index is 2.77. The normalized spacial score (nSPS) is 13.3. The number of carbonyl (C=O) groups excluding carboxylic acids is 4. The van der Waals surface area contributed by atoms with Crippen LogP contribution in [0.25, 0.3) is 0 Å². The Morgan fingerprint density at radius 2 is 1.49 bits per heavy atom. The Hall–Kier alpha value is -2.94. The quantitative estimate of drug-likeness (QED) is 0.285. The highest BCUT2D eigenvalue weighted by Gasteiger charge is 2.21. The van der Waals surface area contributed by atoms with Crippen LogP contribution in [0.1, 0.15) is 78.7 Å². The van der Waals surface area contributed by atoms with Crippen LogP contribution in [0.3, 0.4) is 0 Å².